The summed E-state index contributed by atoms with van der Waals surface area (Å²) in [6.07, 6.45) is 3.19. The van der Waals surface area contributed by atoms with E-state index in [9.17, 15) is 4.79 Å². The predicted octanol–water partition coefficient (Wildman–Crippen LogP) is 2.05. The molecule has 2 aliphatic rings. The Morgan fingerprint density at radius 3 is 2.95 bits per heavy atom. The number of likely N-dealkylation sites (tertiary alicyclic amines) is 1. The zero-order valence-corrected chi connectivity index (χ0v) is 11.5. The van der Waals surface area contributed by atoms with Gasteiger partial charge < -0.3 is 10.6 Å². The summed E-state index contributed by atoms with van der Waals surface area (Å²) in [6, 6.07) is 8.71. The monoisotopic (exact) mass is 258 g/mol. The van der Waals surface area contributed by atoms with Crippen LogP contribution in [-0.2, 0) is 4.79 Å². The largest absolute Gasteiger partial charge is 0.338 e. The van der Waals surface area contributed by atoms with Gasteiger partial charge in [-0.05, 0) is 43.2 Å². The van der Waals surface area contributed by atoms with Gasteiger partial charge in [0, 0.05) is 25.0 Å². The molecule has 1 aromatic rings. The van der Waals surface area contributed by atoms with E-state index in [0.717, 1.165) is 25.8 Å². The topological polar surface area (TPSA) is 46.3 Å². The first kappa shape index (κ1) is 12.7. The molecule has 0 spiro atoms. The molecule has 1 saturated carbocycles. The first-order valence-corrected chi connectivity index (χ1v) is 7.28. The van der Waals surface area contributed by atoms with Crippen LogP contribution in [0.5, 0.6) is 0 Å². The van der Waals surface area contributed by atoms with Crippen LogP contribution in [0.1, 0.15) is 36.3 Å². The van der Waals surface area contributed by atoms with Crippen molar-refractivity contribution in [3.05, 3.63) is 35.4 Å². The highest BCUT2D eigenvalue weighted by Gasteiger charge is 2.47. The van der Waals surface area contributed by atoms with Crippen LogP contribution in [0.25, 0.3) is 0 Å². The third-order valence-corrected chi connectivity index (χ3v) is 4.63. The second kappa shape index (κ2) is 4.97. The lowest BCUT2D eigenvalue weighted by molar-refractivity contribution is -0.133. The summed E-state index contributed by atoms with van der Waals surface area (Å²) >= 11 is 0. The molecule has 1 amide bonds. The van der Waals surface area contributed by atoms with Crippen LogP contribution in [0.3, 0.4) is 0 Å². The van der Waals surface area contributed by atoms with Gasteiger partial charge in [0.25, 0.3) is 0 Å². The Hall–Kier alpha value is -1.35. The van der Waals surface area contributed by atoms with E-state index in [4.69, 9.17) is 5.73 Å². The van der Waals surface area contributed by atoms with Gasteiger partial charge in [-0.3, -0.25) is 4.79 Å². The Balaban J connectivity index is 1.70. The van der Waals surface area contributed by atoms with Crippen LogP contribution in [0.15, 0.2) is 24.3 Å². The maximum Gasteiger partial charge on any atom is 0.226 e. The van der Waals surface area contributed by atoms with Gasteiger partial charge in [-0.1, -0.05) is 24.3 Å². The molecule has 2 fully saturated rings. The Bertz CT molecular complexity index is 485. The molecule has 1 aromatic carbocycles. The van der Waals surface area contributed by atoms with E-state index in [1.165, 1.54) is 11.1 Å². The Morgan fingerprint density at radius 2 is 2.21 bits per heavy atom. The van der Waals surface area contributed by atoms with E-state index in [2.05, 4.69) is 31.2 Å². The molecule has 3 rings (SSSR count). The van der Waals surface area contributed by atoms with Crippen LogP contribution in [0.2, 0.25) is 0 Å². The second-order valence-electron chi connectivity index (χ2n) is 5.87. The number of aryl methyl sites for hydroxylation is 1. The quantitative estimate of drug-likeness (QED) is 0.902. The minimum Gasteiger partial charge on any atom is -0.338 e. The fourth-order valence-corrected chi connectivity index (χ4v) is 3.40. The molecule has 0 aromatic heterocycles. The molecule has 0 radical (unpaired) electrons. The zero-order valence-electron chi connectivity index (χ0n) is 11.5. The van der Waals surface area contributed by atoms with Crippen molar-refractivity contribution in [3.8, 4) is 0 Å². The number of carbonyl (C=O) groups excluding carboxylic acids is 1. The van der Waals surface area contributed by atoms with E-state index in [1.54, 1.807) is 0 Å². The average molecular weight is 258 g/mol. The molecule has 19 heavy (non-hydrogen) atoms. The Morgan fingerprint density at radius 1 is 1.42 bits per heavy atom. The summed E-state index contributed by atoms with van der Waals surface area (Å²) < 4.78 is 0. The van der Waals surface area contributed by atoms with Gasteiger partial charge in [0.2, 0.25) is 5.91 Å². The third kappa shape index (κ3) is 2.27. The van der Waals surface area contributed by atoms with Crippen molar-refractivity contribution in [2.24, 2.45) is 11.7 Å². The van der Waals surface area contributed by atoms with Crippen molar-refractivity contribution in [1.29, 1.82) is 0 Å². The normalized spacial score (nSPS) is 29.6. The minimum absolute atomic E-state index is 0.202. The summed E-state index contributed by atoms with van der Waals surface area (Å²) in [4.78, 5) is 14.6. The van der Waals surface area contributed by atoms with E-state index >= 15 is 0 Å². The second-order valence-corrected chi connectivity index (χ2v) is 5.87. The van der Waals surface area contributed by atoms with Crippen molar-refractivity contribution in [3.63, 3.8) is 0 Å². The number of carbonyl (C=O) groups is 1. The zero-order chi connectivity index (χ0) is 13.4. The Kier molecular flexibility index (Phi) is 3.31. The van der Waals surface area contributed by atoms with Crippen LogP contribution < -0.4 is 5.73 Å². The molecule has 1 heterocycles. The lowest BCUT2D eigenvalue weighted by atomic mass is 10.0. The molecular formula is C16H22N2O. The number of amides is 1. The summed E-state index contributed by atoms with van der Waals surface area (Å²) in [5, 5.41) is 0. The number of hydrogen-bond donors (Lipinski definition) is 1. The van der Waals surface area contributed by atoms with Crippen molar-refractivity contribution >= 4 is 5.91 Å². The van der Waals surface area contributed by atoms with Gasteiger partial charge in [-0.15, -0.1) is 0 Å². The lowest BCUT2D eigenvalue weighted by Gasteiger charge is -2.23. The van der Waals surface area contributed by atoms with Gasteiger partial charge in [0.05, 0.1) is 0 Å². The Labute approximate surface area is 114 Å². The van der Waals surface area contributed by atoms with Crippen LogP contribution in [-0.4, -0.2) is 29.9 Å². The number of hydrogen-bond acceptors (Lipinski definition) is 2. The van der Waals surface area contributed by atoms with Crippen LogP contribution in [0, 0.1) is 12.8 Å². The summed E-state index contributed by atoms with van der Waals surface area (Å²) in [6.45, 7) is 3.64. The molecule has 0 bridgehead atoms. The van der Waals surface area contributed by atoms with Gasteiger partial charge in [0.1, 0.15) is 0 Å². The summed E-state index contributed by atoms with van der Waals surface area (Å²) in [5.74, 6) is 0.974. The van der Waals surface area contributed by atoms with Gasteiger partial charge in [-0.2, -0.15) is 0 Å². The highest BCUT2D eigenvalue weighted by atomic mass is 16.2. The highest BCUT2D eigenvalue weighted by molar-refractivity contribution is 5.83. The lowest BCUT2D eigenvalue weighted by Crippen LogP contribution is -2.40. The fourth-order valence-electron chi connectivity index (χ4n) is 3.40. The molecule has 2 N–H and O–H groups in total. The van der Waals surface area contributed by atoms with Crippen molar-refractivity contribution in [1.82, 2.24) is 4.90 Å². The number of rotatable bonds is 3. The van der Waals surface area contributed by atoms with Gasteiger partial charge in [-0.25, -0.2) is 0 Å². The van der Waals surface area contributed by atoms with Crippen LogP contribution >= 0.6 is 0 Å². The van der Waals surface area contributed by atoms with E-state index in [1.807, 2.05) is 4.90 Å². The molecule has 1 aliphatic heterocycles. The molecule has 3 heteroatoms. The molecule has 3 atom stereocenters. The summed E-state index contributed by atoms with van der Waals surface area (Å²) in [7, 11) is 0. The first-order valence-electron chi connectivity index (χ1n) is 7.28. The molecule has 102 valence electrons. The van der Waals surface area contributed by atoms with Crippen molar-refractivity contribution in [2.75, 3.05) is 13.1 Å². The smallest absolute Gasteiger partial charge is 0.226 e. The molecule has 1 aliphatic carbocycles. The number of benzene rings is 1. The minimum atomic E-state index is 0.202. The maximum atomic E-state index is 12.5. The average Bonchev–Trinajstić information content (AvgIpc) is 3.07. The van der Waals surface area contributed by atoms with E-state index < -0.39 is 0 Å². The first-order chi connectivity index (χ1) is 9.22. The van der Waals surface area contributed by atoms with E-state index in [0.29, 0.717) is 18.4 Å². The molecular weight excluding hydrogens is 236 g/mol. The fraction of sp³-hybridized carbons (Fsp3) is 0.562. The third-order valence-electron chi connectivity index (χ3n) is 4.63. The molecule has 3 unspecified atom stereocenters. The maximum absolute atomic E-state index is 12.5. The number of nitrogens with zero attached hydrogens (tertiary/aromatic N) is 1. The van der Waals surface area contributed by atoms with Gasteiger partial charge >= 0.3 is 0 Å². The molecule has 1 saturated heterocycles. The van der Waals surface area contributed by atoms with Crippen molar-refractivity contribution in [2.45, 2.75) is 38.1 Å². The predicted molar refractivity (Wildman–Crippen MR) is 75.8 cm³/mol. The standard InChI is InChI=1S/C16H22N2O/c1-11-5-2-3-7-13(11)14-9-15(14)16(19)18-8-4-6-12(18)10-17/h2-3,5,7,12,14-15H,4,6,8-10,17H2,1H3. The highest BCUT2D eigenvalue weighted by Crippen LogP contribution is 2.49. The van der Waals surface area contributed by atoms with Gasteiger partial charge in [0.15, 0.2) is 0 Å². The SMILES string of the molecule is Cc1ccccc1C1CC1C(=O)N1CCCC1CN. The van der Waals surface area contributed by atoms with Crippen molar-refractivity contribution < 1.29 is 4.79 Å². The number of nitrogens with two attached hydrogens (primary N) is 1. The summed E-state index contributed by atoms with van der Waals surface area (Å²) in [5.41, 5.74) is 8.41. The van der Waals surface area contributed by atoms with E-state index in [-0.39, 0.29) is 12.0 Å². The molecule has 3 nitrogen and oxygen atoms in total. The van der Waals surface area contributed by atoms with Crippen LogP contribution in [0.4, 0.5) is 0 Å².